The molecule has 0 bridgehead atoms. The van der Waals surface area contributed by atoms with Gasteiger partial charge in [-0.1, -0.05) is 54.8 Å². The van der Waals surface area contributed by atoms with Gasteiger partial charge in [0, 0.05) is 18.7 Å². The van der Waals surface area contributed by atoms with Crippen LogP contribution in [-0.4, -0.2) is 59.6 Å². The van der Waals surface area contributed by atoms with E-state index in [1.807, 2.05) is 30.3 Å². The van der Waals surface area contributed by atoms with Crippen molar-refractivity contribution in [2.75, 3.05) is 39.6 Å². The van der Waals surface area contributed by atoms with Gasteiger partial charge in [-0.05, 0) is 12.1 Å². The highest BCUT2D eigenvalue weighted by molar-refractivity contribution is 8.26. The van der Waals surface area contributed by atoms with Gasteiger partial charge in [0.25, 0.3) is 5.91 Å². The molecule has 0 N–H and O–H groups in total. The minimum absolute atomic E-state index is 0.0555. The van der Waals surface area contributed by atoms with Gasteiger partial charge in [0.05, 0.1) is 24.8 Å². The normalized spacial score (nSPS) is 20.3. The van der Waals surface area contributed by atoms with Crippen LogP contribution in [0.15, 0.2) is 41.8 Å². The Balaban J connectivity index is 1.75. The van der Waals surface area contributed by atoms with Crippen molar-refractivity contribution in [2.45, 2.75) is 0 Å². The second-order valence-electron chi connectivity index (χ2n) is 5.62. The van der Waals surface area contributed by atoms with Crippen LogP contribution in [0, 0.1) is 0 Å². The highest BCUT2D eigenvalue weighted by Crippen LogP contribution is 2.34. The first-order chi connectivity index (χ1) is 12.2. The number of ether oxygens (including phenoxy) is 2. The van der Waals surface area contributed by atoms with E-state index in [0.29, 0.717) is 35.7 Å². The quantitative estimate of drug-likeness (QED) is 0.432. The van der Waals surface area contributed by atoms with Crippen LogP contribution in [0.4, 0.5) is 0 Å². The summed E-state index contributed by atoms with van der Waals surface area (Å²) in [6, 6.07) is 7.62. The van der Waals surface area contributed by atoms with Crippen LogP contribution in [0.5, 0.6) is 5.75 Å². The van der Waals surface area contributed by atoms with E-state index in [9.17, 15) is 4.79 Å². The Morgan fingerprint density at radius 2 is 2.08 bits per heavy atom. The molecule has 2 saturated heterocycles. The topological polar surface area (TPSA) is 42.0 Å². The molecule has 1 aromatic carbocycles. The number of carbonyl (C=O) groups is 1. The van der Waals surface area contributed by atoms with Crippen molar-refractivity contribution in [2.24, 2.45) is 0 Å². The maximum atomic E-state index is 12.8. The fourth-order valence-electron chi connectivity index (χ4n) is 2.59. The fraction of sp³-hybridized carbons (Fsp3) is 0.333. The summed E-state index contributed by atoms with van der Waals surface area (Å²) < 4.78 is 11.6. The second-order valence-corrected chi connectivity index (χ2v) is 7.29. The van der Waals surface area contributed by atoms with E-state index >= 15 is 0 Å². The SMILES string of the molecule is C=CCOc1ccccc1/C=C1/SC(=S)N(CN2CCOCC2)C1=O. The van der Waals surface area contributed by atoms with Gasteiger partial charge in [-0.2, -0.15) is 0 Å². The number of rotatable bonds is 6. The standard InChI is InChI=1S/C18H20N2O3S2/c1-2-9-23-15-6-4-3-5-14(15)12-16-17(21)20(18(24)25-16)13-19-7-10-22-11-8-19/h2-6,12H,1,7-11,13H2/b16-12+. The van der Waals surface area contributed by atoms with Gasteiger partial charge in [0.2, 0.25) is 0 Å². The molecular formula is C18H20N2O3S2. The molecule has 1 aromatic rings. The zero-order chi connectivity index (χ0) is 17.6. The summed E-state index contributed by atoms with van der Waals surface area (Å²) in [5.41, 5.74) is 0.858. The van der Waals surface area contributed by atoms with Crippen LogP contribution in [0.1, 0.15) is 5.56 Å². The van der Waals surface area contributed by atoms with Gasteiger partial charge in [0.1, 0.15) is 16.7 Å². The largest absolute Gasteiger partial charge is 0.489 e. The molecule has 5 nitrogen and oxygen atoms in total. The number of nitrogens with zero attached hydrogens (tertiary/aromatic N) is 2. The first kappa shape index (κ1) is 18.1. The van der Waals surface area contributed by atoms with Gasteiger partial charge in [-0.3, -0.25) is 14.6 Å². The van der Waals surface area contributed by atoms with Crippen LogP contribution in [0.2, 0.25) is 0 Å². The summed E-state index contributed by atoms with van der Waals surface area (Å²) in [7, 11) is 0. The Labute approximate surface area is 157 Å². The van der Waals surface area contributed by atoms with E-state index in [-0.39, 0.29) is 5.91 Å². The second kappa shape index (κ2) is 8.62. The Morgan fingerprint density at radius 3 is 2.84 bits per heavy atom. The lowest BCUT2D eigenvalue weighted by atomic mass is 10.2. The van der Waals surface area contributed by atoms with E-state index in [0.717, 1.165) is 24.4 Å². The van der Waals surface area contributed by atoms with Crippen molar-refractivity contribution >= 4 is 40.3 Å². The number of benzene rings is 1. The van der Waals surface area contributed by atoms with Gasteiger partial charge >= 0.3 is 0 Å². The third-order valence-corrected chi connectivity index (χ3v) is 5.26. The summed E-state index contributed by atoms with van der Waals surface area (Å²) in [6.45, 7) is 7.61. The predicted octanol–water partition coefficient (Wildman–Crippen LogP) is 2.74. The first-order valence-electron chi connectivity index (χ1n) is 8.07. The van der Waals surface area contributed by atoms with Crippen LogP contribution in [0.3, 0.4) is 0 Å². The van der Waals surface area contributed by atoms with Crippen molar-refractivity contribution in [3.05, 3.63) is 47.4 Å². The zero-order valence-corrected chi connectivity index (χ0v) is 15.5. The van der Waals surface area contributed by atoms with Crippen molar-refractivity contribution in [1.29, 1.82) is 0 Å². The minimum Gasteiger partial charge on any atom is -0.489 e. The van der Waals surface area contributed by atoms with Crippen LogP contribution in [0.25, 0.3) is 6.08 Å². The molecule has 2 heterocycles. The number of hydrogen-bond donors (Lipinski definition) is 0. The van der Waals surface area contributed by atoms with E-state index in [1.165, 1.54) is 11.8 Å². The number of amides is 1. The number of morpholine rings is 1. The third-order valence-electron chi connectivity index (χ3n) is 3.88. The molecule has 0 atom stereocenters. The Hall–Kier alpha value is -1.67. The molecule has 0 aliphatic carbocycles. The highest BCUT2D eigenvalue weighted by atomic mass is 32.2. The molecule has 1 amide bonds. The molecule has 0 radical (unpaired) electrons. The lowest BCUT2D eigenvalue weighted by Gasteiger charge is -2.29. The molecule has 0 saturated carbocycles. The Bertz CT molecular complexity index is 699. The Morgan fingerprint density at radius 1 is 1.32 bits per heavy atom. The number of thioether (sulfide) groups is 1. The lowest BCUT2D eigenvalue weighted by molar-refractivity contribution is -0.124. The van der Waals surface area contributed by atoms with Crippen LogP contribution < -0.4 is 4.74 Å². The van der Waals surface area contributed by atoms with Crippen molar-refractivity contribution in [3.63, 3.8) is 0 Å². The maximum Gasteiger partial charge on any atom is 0.267 e. The van der Waals surface area contributed by atoms with E-state index in [4.69, 9.17) is 21.7 Å². The average molecular weight is 377 g/mol. The monoisotopic (exact) mass is 376 g/mol. The predicted molar refractivity (Wildman–Crippen MR) is 104 cm³/mol. The molecule has 25 heavy (non-hydrogen) atoms. The molecule has 7 heteroatoms. The zero-order valence-electron chi connectivity index (χ0n) is 13.8. The van der Waals surface area contributed by atoms with Crippen LogP contribution >= 0.6 is 24.0 Å². The summed E-state index contributed by atoms with van der Waals surface area (Å²) in [5, 5.41) is 0. The number of carbonyl (C=O) groups excluding carboxylic acids is 1. The summed E-state index contributed by atoms with van der Waals surface area (Å²) in [6.07, 6.45) is 3.54. The van der Waals surface area contributed by atoms with Crippen LogP contribution in [-0.2, 0) is 9.53 Å². The Kier molecular flexibility index (Phi) is 6.25. The fourth-order valence-corrected chi connectivity index (χ4v) is 3.82. The molecule has 2 fully saturated rings. The van der Waals surface area contributed by atoms with Gasteiger partial charge in [-0.25, -0.2) is 0 Å². The van der Waals surface area contributed by atoms with Crippen molar-refractivity contribution in [1.82, 2.24) is 9.80 Å². The van der Waals surface area contributed by atoms with Crippen molar-refractivity contribution in [3.8, 4) is 5.75 Å². The number of hydrogen-bond acceptors (Lipinski definition) is 6. The molecule has 2 aliphatic heterocycles. The molecule has 0 unspecified atom stereocenters. The molecule has 132 valence electrons. The molecule has 0 aromatic heterocycles. The minimum atomic E-state index is -0.0555. The number of para-hydroxylation sites is 1. The van der Waals surface area contributed by atoms with Gasteiger partial charge in [-0.15, -0.1) is 0 Å². The summed E-state index contributed by atoms with van der Waals surface area (Å²) >= 11 is 6.74. The molecule has 3 rings (SSSR count). The first-order valence-corrected chi connectivity index (χ1v) is 9.29. The molecule has 0 spiro atoms. The van der Waals surface area contributed by atoms with Gasteiger partial charge < -0.3 is 9.47 Å². The highest BCUT2D eigenvalue weighted by Gasteiger charge is 2.33. The molecule has 2 aliphatic rings. The lowest BCUT2D eigenvalue weighted by Crippen LogP contribution is -2.45. The van der Waals surface area contributed by atoms with Crippen molar-refractivity contribution < 1.29 is 14.3 Å². The van der Waals surface area contributed by atoms with Gasteiger partial charge in [0.15, 0.2) is 0 Å². The average Bonchev–Trinajstić information content (AvgIpc) is 2.89. The van der Waals surface area contributed by atoms with E-state index in [2.05, 4.69) is 11.5 Å². The van der Waals surface area contributed by atoms with E-state index < -0.39 is 0 Å². The summed E-state index contributed by atoms with van der Waals surface area (Å²) in [5.74, 6) is 0.667. The maximum absolute atomic E-state index is 12.8. The van der Waals surface area contributed by atoms with E-state index in [1.54, 1.807) is 11.0 Å². The summed E-state index contributed by atoms with van der Waals surface area (Å²) in [4.78, 5) is 17.2. The number of thiocarbonyl (C=S) groups is 1. The smallest absolute Gasteiger partial charge is 0.267 e. The third kappa shape index (κ3) is 4.49. The molecular weight excluding hydrogens is 356 g/mol.